The van der Waals surface area contributed by atoms with Crippen molar-refractivity contribution >= 4 is 11.6 Å². The van der Waals surface area contributed by atoms with Crippen LogP contribution in [0.3, 0.4) is 0 Å². The Hall–Kier alpha value is -3.61. The van der Waals surface area contributed by atoms with Gasteiger partial charge in [-0.3, -0.25) is 9.59 Å². The first-order chi connectivity index (χ1) is 15.4. The van der Waals surface area contributed by atoms with Crippen molar-refractivity contribution in [3.05, 3.63) is 82.1 Å². The lowest BCUT2D eigenvalue weighted by Gasteiger charge is -2.37. The second-order valence-electron chi connectivity index (χ2n) is 8.10. The number of anilines is 1. The van der Waals surface area contributed by atoms with Gasteiger partial charge in [0.1, 0.15) is 0 Å². The van der Waals surface area contributed by atoms with Crippen LogP contribution in [0.2, 0.25) is 0 Å². The van der Waals surface area contributed by atoms with Crippen LogP contribution in [0, 0.1) is 13.8 Å². The van der Waals surface area contributed by atoms with Gasteiger partial charge in [0.25, 0.3) is 11.5 Å². The van der Waals surface area contributed by atoms with Crippen LogP contribution in [0.1, 0.15) is 18.1 Å². The molecular formula is C25H28N4O3. The van der Waals surface area contributed by atoms with Crippen LogP contribution in [0.15, 0.2) is 65.5 Å². The number of hydrogen-bond acceptors (Lipinski definition) is 5. The summed E-state index contributed by atoms with van der Waals surface area (Å²) in [4.78, 5) is 29.4. The molecule has 1 atom stereocenters. The van der Waals surface area contributed by atoms with Gasteiger partial charge in [-0.25, -0.2) is 0 Å². The molecule has 166 valence electrons. The van der Waals surface area contributed by atoms with Gasteiger partial charge in [0, 0.05) is 44.0 Å². The van der Waals surface area contributed by atoms with Gasteiger partial charge in [-0.2, -0.15) is 4.68 Å². The standard InChI is InChI=1S/C25H28N4O3/c1-18-9-10-22(17-19(18)2)29-24(30)12-11-23(26-29)32-20(3)25(31)28-15-13-27(14-16-28)21-7-5-4-6-8-21/h4-12,17,20H,13-16H2,1-3H3/t20-/m1/s1. The van der Waals surface area contributed by atoms with Crippen molar-refractivity contribution in [1.29, 1.82) is 0 Å². The quantitative estimate of drug-likeness (QED) is 0.620. The Morgan fingerprint density at radius 1 is 0.906 bits per heavy atom. The zero-order valence-electron chi connectivity index (χ0n) is 18.7. The third kappa shape index (κ3) is 4.66. The lowest BCUT2D eigenvalue weighted by Crippen LogP contribution is -2.52. The smallest absolute Gasteiger partial charge is 0.271 e. The molecule has 2 heterocycles. The maximum absolute atomic E-state index is 12.9. The van der Waals surface area contributed by atoms with Crippen molar-refractivity contribution in [2.45, 2.75) is 26.9 Å². The Morgan fingerprint density at radius 3 is 2.31 bits per heavy atom. The molecule has 0 aliphatic carbocycles. The summed E-state index contributed by atoms with van der Waals surface area (Å²) in [7, 11) is 0. The van der Waals surface area contributed by atoms with Crippen LogP contribution in [0.4, 0.5) is 5.69 Å². The van der Waals surface area contributed by atoms with E-state index in [0.29, 0.717) is 18.8 Å². The van der Waals surface area contributed by atoms with Gasteiger partial charge < -0.3 is 14.5 Å². The number of piperazine rings is 1. The zero-order chi connectivity index (χ0) is 22.7. The summed E-state index contributed by atoms with van der Waals surface area (Å²) >= 11 is 0. The minimum Gasteiger partial charge on any atom is -0.463 e. The van der Waals surface area contributed by atoms with Gasteiger partial charge in [-0.15, -0.1) is 5.10 Å². The molecule has 0 radical (unpaired) electrons. The molecule has 1 fully saturated rings. The summed E-state index contributed by atoms with van der Waals surface area (Å²) in [6.45, 7) is 8.55. The molecule has 3 aromatic rings. The number of rotatable bonds is 5. The van der Waals surface area contributed by atoms with Crippen LogP contribution < -0.4 is 15.2 Å². The molecule has 0 N–H and O–H groups in total. The number of aryl methyl sites for hydroxylation is 2. The summed E-state index contributed by atoms with van der Waals surface area (Å²) < 4.78 is 7.14. The molecular weight excluding hydrogens is 404 g/mol. The summed E-state index contributed by atoms with van der Waals surface area (Å²) in [6, 6.07) is 18.8. The highest BCUT2D eigenvalue weighted by Crippen LogP contribution is 2.17. The Morgan fingerprint density at radius 2 is 1.62 bits per heavy atom. The lowest BCUT2D eigenvalue weighted by atomic mass is 10.1. The molecule has 32 heavy (non-hydrogen) atoms. The second-order valence-corrected chi connectivity index (χ2v) is 8.10. The average Bonchev–Trinajstić information content (AvgIpc) is 2.82. The van der Waals surface area contributed by atoms with E-state index in [0.717, 1.165) is 24.2 Å². The number of aromatic nitrogens is 2. The first-order valence-corrected chi connectivity index (χ1v) is 10.9. The van der Waals surface area contributed by atoms with E-state index in [2.05, 4.69) is 22.1 Å². The normalized spacial score (nSPS) is 14.8. The van der Waals surface area contributed by atoms with E-state index in [-0.39, 0.29) is 17.3 Å². The molecule has 0 bridgehead atoms. The fourth-order valence-corrected chi connectivity index (χ4v) is 3.81. The number of carbonyl (C=O) groups is 1. The SMILES string of the molecule is Cc1ccc(-n2nc(O[C@H](C)C(=O)N3CCN(c4ccccc4)CC3)ccc2=O)cc1C. The molecule has 1 aromatic heterocycles. The van der Waals surface area contributed by atoms with E-state index < -0.39 is 6.10 Å². The molecule has 0 unspecified atom stereocenters. The molecule has 7 heteroatoms. The largest absolute Gasteiger partial charge is 0.463 e. The molecule has 7 nitrogen and oxygen atoms in total. The van der Waals surface area contributed by atoms with Gasteiger partial charge in [0.05, 0.1) is 5.69 Å². The van der Waals surface area contributed by atoms with Gasteiger partial charge in [0.15, 0.2) is 6.10 Å². The van der Waals surface area contributed by atoms with Crippen molar-refractivity contribution in [2.24, 2.45) is 0 Å². The summed E-state index contributed by atoms with van der Waals surface area (Å²) in [5, 5.41) is 4.34. The Labute approximate surface area is 187 Å². The molecule has 4 rings (SSSR count). The molecule has 1 amide bonds. The molecule has 1 saturated heterocycles. The number of benzene rings is 2. The summed E-state index contributed by atoms with van der Waals surface area (Å²) in [5.74, 6) is 0.162. The Balaban J connectivity index is 1.41. The maximum atomic E-state index is 12.9. The van der Waals surface area contributed by atoms with Crippen LogP contribution in [-0.2, 0) is 4.79 Å². The number of carbonyl (C=O) groups excluding carboxylic acids is 1. The predicted molar refractivity (Wildman–Crippen MR) is 125 cm³/mol. The highest BCUT2D eigenvalue weighted by molar-refractivity contribution is 5.81. The molecule has 2 aromatic carbocycles. The molecule has 1 aliphatic heterocycles. The maximum Gasteiger partial charge on any atom is 0.271 e. The number of amides is 1. The van der Waals surface area contributed by atoms with Crippen molar-refractivity contribution < 1.29 is 9.53 Å². The Kier molecular flexibility index (Phi) is 6.25. The topological polar surface area (TPSA) is 67.7 Å². The highest BCUT2D eigenvalue weighted by atomic mass is 16.5. The van der Waals surface area contributed by atoms with Gasteiger partial charge >= 0.3 is 0 Å². The first-order valence-electron chi connectivity index (χ1n) is 10.9. The third-order valence-electron chi connectivity index (χ3n) is 5.87. The van der Waals surface area contributed by atoms with E-state index in [1.54, 1.807) is 6.92 Å². The average molecular weight is 433 g/mol. The van der Waals surface area contributed by atoms with Crippen LogP contribution in [0.25, 0.3) is 5.69 Å². The molecule has 0 saturated carbocycles. The van der Waals surface area contributed by atoms with Gasteiger partial charge in [0.2, 0.25) is 5.88 Å². The minimum atomic E-state index is -0.698. The first kappa shape index (κ1) is 21.6. The summed E-state index contributed by atoms with van der Waals surface area (Å²) in [6.07, 6.45) is -0.698. The fourth-order valence-electron chi connectivity index (χ4n) is 3.81. The third-order valence-corrected chi connectivity index (χ3v) is 5.87. The van der Waals surface area contributed by atoms with E-state index in [9.17, 15) is 9.59 Å². The van der Waals surface area contributed by atoms with E-state index in [1.807, 2.05) is 55.1 Å². The van der Waals surface area contributed by atoms with Crippen molar-refractivity contribution in [3.63, 3.8) is 0 Å². The van der Waals surface area contributed by atoms with E-state index in [4.69, 9.17) is 4.74 Å². The molecule has 0 spiro atoms. The highest BCUT2D eigenvalue weighted by Gasteiger charge is 2.26. The fraction of sp³-hybridized carbons (Fsp3) is 0.320. The number of hydrogen-bond donors (Lipinski definition) is 0. The van der Waals surface area contributed by atoms with Crippen molar-refractivity contribution in [1.82, 2.24) is 14.7 Å². The van der Waals surface area contributed by atoms with Crippen LogP contribution in [-0.4, -0.2) is 52.9 Å². The number of nitrogens with zero attached hydrogens (tertiary/aromatic N) is 4. The lowest BCUT2D eigenvalue weighted by molar-refractivity contribution is -0.138. The number of ether oxygens (including phenoxy) is 1. The monoisotopic (exact) mass is 432 g/mol. The zero-order valence-corrected chi connectivity index (χ0v) is 18.7. The minimum absolute atomic E-state index is 0.0801. The van der Waals surface area contributed by atoms with Gasteiger partial charge in [-0.05, 0) is 56.2 Å². The Bertz CT molecular complexity index is 1150. The van der Waals surface area contributed by atoms with Crippen LogP contribution in [0.5, 0.6) is 5.88 Å². The van der Waals surface area contributed by atoms with E-state index >= 15 is 0 Å². The van der Waals surface area contributed by atoms with Crippen LogP contribution >= 0.6 is 0 Å². The number of para-hydroxylation sites is 1. The second kappa shape index (κ2) is 9.26. The molecule has 1 aliphatic rings. The van der Waals surface area contributed by atoms with E-state index in [1.165, 1.54) is 22.5 Å². The van der Waals surface area contributed by atoms with Crippen molar-refractivity contribution in [2.75, 3.05) is 31.1 Å². The predicted octanol–water partition coefficient (Wildman–Crippen LogP) is 2.97. The van der Waals surface area contributed by atoms with Gasteiger partial charge in [-0.1, -0.05) is 24.3 Å². The summed E-state index contributed by atoms with van der Waals surface area (Å²) in [5.41, 5.74) is 3.79. The van der Waals surface area contributed by atoms with Crippen molar-refractivity contribution in [3.8, 4) is 11.6 Å².